The molecule has 0 radical (unpaired) electrons. The van der Waals surface area contributed by atoms with Crippen LogP contribution in [0.2, 0.25) is 5.71 Å². The number of hydrogen-bond acceptors (Lipinski definition) is 16. The van der Waals surface area contributed by atoms with Crippen LogP contribution >= 0.6 is 24.0 Å². The quantitative estimate of drug-likeness (QED) is 0.0290. The average molecular weight is 1140 g/mol. The van der Waals surface area contributed by atoms with E-state index >= 15 is 0 Å². The number of thiocarbonyl (C=S) groups is 1. The maximum absolute atomic E-state index is 13.1. The molecule has 0 aromatic heterocycles. The molecule has 0 saturated heterocycles. The molecule has 1 aliphatic carbocycles. The molecule has 1 aliphatic rings. The number of rotatable bonds is 33. The summed E-state index contributed by atoms with van der Waals surface area (Å²) in [4.78, 5) is 126. The number of nitrogens with one attached hydrogen (secondary N) is 5. The van der Waals surface area contributed by atoms with Crippen LogP contribution in [0.5, 0.6) is 0 Å². The summed E-state index contributed by atoms with van der Waals surface area (Å²) >= 11 is 4.22. The minimum absolute atomic E-state index is 0.0353. The second-order valence-electron chi connectivity index (χ2n) is 17.1. The van der Waals surface area contributed by atoms with Crippen LogP contribution < -0.4 is 30.9 Å². The number of nitrogens with zero attached hydrogens (tertiary/aromatic N) is 3. The normalized spacial score (nSPS) is 16.0. The molecule has 4 unspecified atom stereocenters. The summed E-state index contributed by atoms with van der Waals surface area (Å²) in [5, 5.41) is 80.3. The predicted molar refractivity (Wildman–Crippen MR) is 271 cm³/mol. The fourth-order valence-electron chi connectivity index (χ4n) is 8.13. The molecular formula is C45H61AsN8O18S2. The van der Waals surface area contributed by atoms with Gasteiger partial charge in [0.15, 0.2) is 5.11 Å². The first kappa shape index (κ1) is 61.9. The Kier molecular flexibility index (Phi) is 26.2. The number of carboxylic acid groups (broad SMARTS) is 7. The molecule has 2 aromatic carbocycles. The predicted octanol–water partition coefficient (Wildman–Crippen LogP) is -1.36. The van der Waals surface area contributed by atoms with Crippen molar-refractivity contribution in [3.8, 4) is 0 Å². The van der Waals surface area contributed by atoms with Crippen molar-refractivity contribution in [1.29, 1.82) is 0 Å². The van der Waals surface area contributed by atoms with E-state index in [9.17, 15) is 82.7 Å². The third-order valence-electron chi connectivity index (χ3n) is 11.3. The van der Waals surface area contributed by atoms with Crippen molar-refractivity contribution in [3.05, 3.63) is 54.1 Å². The first-order valence-corrected chi connectivity index (χ1v) is 28.0. The van der Waals surface area contributed by atoms with Gasteiger partial charge < -0.3 is 46.4 Å². The van der Waals surface area contributed by atoms with Crippen LogP contribution in [0, 0.1) is 0 Å². The van der Waals surface area contributed by atoms with E-state index < -0.39 is 150 Å². The van der Waals surface area contributed by atoms with Crippen molar-refractivity contribution in [2.45, 2.75) is 80.9 Å². The van der Waals surface area contributed by atoms with Gasteiger partial charge in [0, 0.05) is 36.8 Å². The number of hydrogen-bond donors (Lipinski definition) is 13. The van der Waals surface area contributed by atoms with Gasteiger partial charge in [0.1, 0.15) is 12.6 Å². The number of amides is 3. The summed E-state index contributed by atoms with van der Waals surface area (Å²) in [5.41, 5.74) is 3.04. The van der Waals surface area contributed by atoms with Gasteiger partial charge in [-0.25, -0.2) is 4.79 Å². The van der Waals surface area contributed by atoms with E-state index in [-0.39, 0.29) is 36.0 Å². The maximum atomic E-state index is 13.1. The Bertz CT molecular complexity index is 2280. The number of carbonyl (C=O) groups excluding carboxylic acids is 3. The van der Waals surface area contributed by atoms with Gasteiger partial charge in [0.05, 0.1) is 32.7 Å². The van der Waals surface area contributed by atoms with E-state index in [0.717, 1.165) is 21.0 Å². The van der Waals surface area contributed by atoms with Gasteiger partial charge in [-0.2, -0.15) is 0 Å². The van der Waals surface area contributed by atoms with Gasteiger partial charge in [-0.1, -0.05) is 25.0 Å². The molecule has 0 heterocycles. The zero-order chi connectivity index (χ0) is 55.1. The van der Waals surface area contributed by atoms with Crippen molar-refractivity contribution < 1.29 is 87.8 Å². The number of carboxylic acids is 7. The zero-order valence-electron chi connectivity index (χ0n) is 40.1. The Morgan fingerprint density at radius 3 is 1.69 bits per heavy atom. The second kappa shape index (κ2) is 31.3. The molecule has 3 rings (SSSR count). The Labute approximate surface area is 438 Å². The summed E-state index contributed by atoms with van der Waals surface area (Å²) in [7, 11) is 0. The van der Waals surface area contributed by atoms with E-state index in [1.165, 1.54) is 21.9 Å². The van der Waals surface area contributed by atoms with Crippen LogP contribution in [0.3, 0.4) is 0 Å². The topological polar surface area (TPSA) is 402 Å². The van der Waals surface area contributed by atoms with Crippen molar-refractivity contribution in [2.24, 2.45) is 0 Å². The van der Waals surface area contributed by atoms with Crippen molar-refractivity contribution in [1.82, 2.24) is 30.7 Å². The fourth-order valence-corrected chi connectivity index (χ4v) is 10.5. The van der Waals surface area contributed by atoms with Gasteiger partial charge in [0.2, 0.25) is 0 Å². The summed E-state index contributed by atoms with van der Waals surface area (Å²) in [6.45, 7) is -4.40. The number of thioether (sulfide) groups is 1. The third kappa shape index (κ3) is 23.2. The van der Waals surface area contributed by atoms with Crippen LogP contribution in [0.15, 0.2) is 48.5 Å². The SMILES string of the molecule is C[As](O)c1ccc(NC(=O)CSCC(NC(=O)CCC(NC(=S)Nc2ccc(C[C@H](CN(CC(=O)O)C3CCCC[C@H]3N(CC(=O)O)CC(=O)O)N(CC(=O)O)CC(=O)O)cc2)C(=O)O)C(=O)NCC(=O)O)cc1. The summed E-state index contributed by atoms with van der Waals surface area (Å²) in [6.07, 6.45) is 1.02. The van der Waals surface area contributed by atoms with Crippen LogP contribution in [-0.4, -0.2) is 222 Å². The van der Waals surface area contributed by atoms with Gasteiger partial charge in [-0.05, 0) is 55.6 Å². The zero-order valence-corrected chi connectivity index (χ0v) is 43.6. The second-order valence-corrected chi connectivity index (χ2v) is 21.8. The van der Waals surface area contributed by atoms with Crippen LogP contribution in [-0.2, 0) is 54.4 Å². The first-order chi connectivity index (χ1) is 34.9. The van der Waals surface area contributed by atoms with Crippen LogP contribution in [0.1, 0.15) is 44.1 Å². The standard InChI is InChI=1S/C45H61AsN8O18S2/c1-46(72)27-8-12-28(13-9-27)48-36(56)25-74-24-32(43(69)47-17-37(57)58)50-35(55)15-14-31(44(70)71)51-45(73)49-29-10-6-26(7-11-29)16-30(52(19-38(59)60)20-39(61)62)18-53(21-40(63)64)33-4-2-3-5-34(33)54(22-41(65)66)23-42(67)68/h6-13,30-34,72H,2-5,14-25H2,1H3,(H,47,69)(H,48,56)(H,50,55)(H,57,58)(H,59,60)(H,61,62)(H,63,64)(H,65,66)(H,67,68)(H,70,71)(H2,49,51,73)/t30-,31?,32?,33?,34-,46?/m1/s1. The van der Waals surface area contributed by atoms with Crippen LogP contribution in [0.25, 0.3) is 0 Å². The number of anilines is 2. The minimum atomic E-state index is -2.10. The number of benzene rings is 2. The summed E-state index contributed by atoms with van der Waals surface area (Å²) in [6, 6.07) is 7.69. The third-order valence-corrected chi connectivity index (χ3v) is 14.8. The molecule has 1 fully saturated rings. The molecule has 1 saturated carbocycles. The van der Waals surface area contributed by atoms with E-state index in [0.29, 0.717) is 42.6 Å². The molecule has 0 spiro atoms. The van der Waals surface area contributed by atoms with E-state index in [1.807, 2.05) is 0 Å². The van der Waals surface area contributed by atoms with E-state index in [2.05, 4.69) is 26.6 Å². The van der Waals surface area contributed by atoms with Crippen molar-refractivity contribution in [2.75, 3.05) is 68.0 Å². The van der Waals surface area contributed by atoms with Crippen LogP contribution in [0.4, 0.5) is 11.4 Å². The monoisotopic (exact) mass is 1140 g/mol. The Morgan fingerprint density at radius 2 is 1.18 bits per heavy atom. The first-order valence-electron chi connectivity index (χ1n) is 22.8. The molecule has 406 valence electrons. The van der Waals surface area contributed by atoms with E-state index in [4.69, 9.17) is 17.3 Å². The molecule has 13 N–H and O–H groups in total. The molecule has 74 heavy (non-hydrogen) atoms. The molecule has 6 atom stereocenters. The van der Waals surface area contributed by atoms with E-state index in [1.54, 1.807) is 42.1 Å². The summed E-state index contributed by atoms with van der Waals surface area (Å²) < 4.78 is 10.6. The Hall–Kier alpha value is -6.42. The number of aliphatic carboxylic acids is 7. The van der Waals surface area contributed by atoms with Gasteiger partial charge >= 0.3 is 173 Å². The molecule has 0 aliphatic heterocycles. The van der Waals surface area contributed by atoms with Crippen molar-refractivity contribution >= 4 is 119 Å². The average Bonchev–Trinajstić information content (AvgIpc) is 3.30. The molecule has 26 nitrogen and oxygen atoms in total. The van der Waals surface area contributed by atoms with Gasteiger partial charge in [-0.3, -0.25) is 48.3 Å². The fraction of sp³-hybridized carbons (Fsp3) is 0.489. The van der Waals surface area contributed by atoms with Gasteiger partial charge in [0.25, 0.3) is 0 Å². The molecule has 3 amide bonds. The molecule has 0 bridgehead atoms. The Morgan fingerprint density at radius 1 is 0.662 bits per heavy atom. The molecule has 29 heteroatoms. The van der Waals surface area contributed by atoms with Gasteiger partial charge in [-0.15, -0.1) is 0 Å². The molecular weight excluding hydrogens is 1080 g/mol. The van der Waals surface area contributed by atoms with Crippen molar-refractivity contribution in [3.63, 3.8) is 0 Å². The molecule has 2 aromatic rings. The number of carbonyl (C=O) groups is 10. The Balaban J connectivity index is 1.71. The summed E-state index contributed by atoms with van der Waals surface area (Å²) in [5.74, 6) is -11.8.